The van der Waals surface area contributed by atoms with E-state index in [1.165, 1.54) is 12.1 Å². The van der Waals surface area contributed by atoms with Gasteiger partial charge in [-0.2, -0.15) is 0 Å². The standard InChI is InChI=1S/C14H16FNO4/c1-9-6-10(8-11(15)7-9)12(17)16-14(13(18)19)2-4-20-5-3-14/h6-8H,2-5H2,1H3,(H,16,17)(H,18,19). The summed E-state index contributed by atoms with van der Waals surface area (Å²) in [5.41, 5.74) is -0.614. The van der Waals surface area contributed by atoms with Gasteiger partial charge in [-0.05, 0) is 30.7 Å². The largest absolute Gasteiger partial charge is 0.480 e. The van der Waals surface area contributed by atoms with Crippen molar-refractivity contribution in [1.82, 2.24) is 5.32 Å². The maximum atomic E-state index is 13.3. The summed E-state index contributed by atoms with van der Waals surface area (Å²) in [6.07, 6.45) is 0.394. The lowest BCUT2D eigenvalue weighted by atomic mass is 9.89. The van der Waals surface area contributed by atoms with E-state index in [4.69, 9.17) is 4.74 Å². The summed E-state index contributed by atoms with van der Waals surface area (Å²) in [7, 11) is 0. The Hall–Kier alpha value is -1.95. The van der Waals surface area contributed by atoms with Crippen molar-refractivity contribution < 1.29 is 23.8 Å². The second kappa shape index (κ2) is 5.58. The van der Waals surface area contributed by atoms with E-state index in [0.29, 0.717) is 5.56 Å². The molecular weight excluding hydrogens is 265 g/mol. The van der Waals surface area contributed by atoms with Gasteiger partial charge in [0.15, 0.2) is 0 Å². The number of aliphatic carboxylic acids is 1. The fourth-order valence-electron chi connectivity index (χ4n) is 2.27. The van der Waals surface area contributed by atoms with Gasteiger partial charge in [-0.25, -0.2) is 9.18 Å². The third-order valence-electron chi connectivity index (χ3n) is 3.41. The molecule has 5 nitrogen and oxygen atoms in total. The van der Waals surface area contributed by atoms with Gasteiger partial charge in [-0.3, -0.25) is 4.79 Å². The highest BCUT2D eigenvalue weighted by Crippen LogP contribution is 2.22. The molecule has 20 heavy (non-hydrogen) atoms. The predicted octanol–water partition coefficient (Wildman–Crippen LogP) is 1.50. The minimum absolute atomic E-state index is 0.120. The first-order valence-electron chi connectivity index (χ1n) is 6.34. The highest BCUT2D eigenvalue weighted by molar-refractivity contribution is 5.98. The van der Waals surface area contributed by atoms with E-state index in [1.54, 1.807) is 6.92 Å². The van der Waals surface area contributed by atoms with Crippen LogP contribution in [0.1, 0.15) is 28.8 Å². The molecule has 1 aromatic carbocycles. The molecule has 1 aliphatic rings. The normalized spacial score (nSPS) is 17.5. The first kappa shape index (κ1) is 14.5. The van der Waals surface area contributed by atoms with E-state index in [2.05, 4.69) is 5.32 Å². The molecule has 0 saturated carbocycles. The lowest BCUT2D eigenvalue weighted by molar-refractivity contribution is -0.148. The van der Waals surface area contributed by atoms with E-state index >= 15 is 0 Å². The van der Waals surface area contributed by atoms with Gasteiger partial charge in [0.1, 0.15) is 11.4 Å². The Balaban J connectivity index is 2.22. The molecule has 0 unspecified atom stereocenters. The third kappa shape index (κ3) is 2.96. The maximum absolute atomic E-state index is 13.3. The highest BCUT2D eigenvalue weighted by Gasteiger charge is 2.41. The Labute approximate surface area is 115 Å². The van der Waals surface area contributed by atoms with Crippen LogP contribution in [0.5, 0.6) is 0 Å². The van der Waals surface area contributed by atoms with Crippen LogP contribution in [-0.2, 0) is 9.53 Å². The van der Waals surface area contributed by atoms with Crippen molar-refractivity contribution in [2.75, 3.05) is 13.2 Å². The minimum atomic E-state index is -1.34. The summed E-state index contributed by atoms with van der Waals surface area (Å²) < 4.78 is 18.4. The monoisotopic (exact) mass is 281 g/mol. The number of carboxylic acids is 1. The van der Waals surface area contributed by atoms with Crippen LogP contribution in [0.25, 0.3) is 0 Å². The summed E-state index contributed by atoms with van der Waals surface area (Å²) in [4.78, 5) is 23.6. The summed E-state index contributed by atoms with van der Waals surface area (Å²) in [6, 6.07) is 3.92. The molecule has 0 atom stereocenters. The molecule has 0 aromatic heterocycles. The first-order valence-corrected chi connectivity index (χ1v) is 6.34. The fraction of sp³-hybridized carbons (Fsp3) is 0.429. The Kier molecular flexibility index (Phi) is 4.04. The summed E-state index contributed by atoms with van der Waals surface area (Å²) in [5, 5.41) is 11.9. The number of halogens is 1. The number of carbonyl (C=O) groups is 2. The minimum Gasteiger partial charge on any atom is -0.480 e. The molecule has 1 aliphatic heterocycles. The second-order valence-electron chi connectivity index (χ2n) is 4.97. The summed E-state index contributed by atoms with van der Waals surface area (Å²) in [5.74, 6) is -2.20. The Morgan fingerprint density at radius 2 is 1.95 bits per heavy atom. The molecule has 2 N–H and O–H groups in total. The van der Waals surface area contributed by atoms with Gasteiger partial charge in [0.05, 0.1) is 0 Å². The maximum Gasteiger partial charge on any atom is 0.329 e. The van der Waals surface area contributed by atoms with E-state index < -0.39 is 23.2 Å². The van der Waals surface area contributed by atoms with E-state index in [9.17, 15) is 19.1 Å². The number of hydrogen-bond acceptors (Lipinski definition) is 3. The van der Waals surface area contributed by atoms with Crippen LogP contribution in [0.2, 0.25) is 0 Å². The van der Waals surface area contributed by atoms with Crippen molar-refractivity contribution in [3.63, 3.8) is 0 Å². The van der Waals surface area contributed by atoms with Crippen molar-refractivity contribution in [1.29, 1.82) is 0 Å². The van der Waals surface area contributed by atoms with E-state index in [-0.39, 0.29) is 31.6 Å². The van der Waals surface area contributed by atoms with Crippen LogP contribution in [0.4, 0.5) is 4.39 Å². The van der Waals surface area contributed by atoms with Gasteiger partial charge >= 0.3 is 5.97 Å². The lowest BCUT2D eigenvalue weighted by Crippen LogP contribution is -2.57. The molecule has 0 bridgehead atoms. The summed E-state index contributed by atoms with van der Waals surface area (Å²) in [6.45, 7) is 2.21. The second-order valence-corrected chi connectivity index (χ2v) is 4.97. The Morgan fingerprint density at radius 1 is 1.30 bits per heavy atom. The van der Waals surface area contributed by atoms with Crippen LogP contribution in [0, 0.1) is 12.7 Å². The van der Waals surface area contributed by atoms with Crippen molar-refractivity contribution in [3.05, 3.63) is 35.1 Å². The smallest absolute Gasteiger partial charge is 0.329 e. The Bertz CT molecular complexity index is 518. The SMILES string of the molecule is Cc1cc(F)cc(C(=O)NC2(C(=O)O)CCOCC2)c1. The van der Waals surface area contributed by atoms with Crippen LogP contribution < -0.4 is 5.32 Å². The number of ether oxygens (including phenoxy) is 1. The summed E-state index contributed by atoms with van der Waals surface area (Å²) >= 11 is 0. The first-order chi connectivity index (χ1) is 9.43. The number of hydrogen-bond donors (Lipinski definition) is 2. The van der Waals surface area contributed by atoms with Crippen molar-refractivity contribution in [2.45, 2.75) is 25.3 Å². The fourth-order valence-corrected chi connectivity index (χ4v) is 2.27. The molecule has 0 aliphatic carbocycles. The molecule has 6 heteroatoms. The van der Waals surface area contributed by atoms with Crippen LogP contribution in [0.3, 0.4) is 0 Å². The number of carbonyl (C=O) groups excluding carboxylic acids is 1. The van der Waals surface area contributed by atoms with Crippen molar-refractivity contribution in [3.8, 4) is 0 Å². The van der Waals surface area contributed by atoms with Crippen molar-refractivity contribution >= 4 is 11.9 Å². The molecule has 1 heterocycles. The molecule has 1 saturated heterocycles. The van der Waals surface area contributed by atoms with Gasteiger partial charge in [0.25, 0.3) is 5.91 Å². The third-order valence-corrected chi connectivity index (χ3v) is 3.41. The number of carboxylic acid groups (broad SMARTS) is 1. The Morgan fingerprint density at radius 3 is 2.50 bits per heavy atom. The van der Waals surface area contributed by atoms with Crippen LogP contribution in [-0.4, -0.2) is 35.7 Å². The number of rotatable bonds is 3. The average Bonchev–Trinajstić information content (AvgIpc) is 2.38. The van der Waals surface area contributed by atoms with Crippen LogP contribution >= 0.6 is 0 Å². The highest BCUT2D eigenvalue weighted by atomic mass is 19.1. The van der Waals surface area contributed by atoms with Crippen molar-refractivity contribution in [2.24, 2.45) is 0 Å². The molecule has 2 rings (SSSR count). The van der Waals surface area contributed by atoms with E-state index in [0.717, 1.165) is 6.07 Å². The number of benzene rings is 1. The average molecular weight is 281 g/mol. The van der Waals surface area contributed by atoms with Gasteiger partial charge in [0, 0.05) is 31.6 Å². The zero-order chi connectivity index (χ0) is 14.8. The zero-order valence-corrected chi connectivity index (χ0v) is 11.1. The van der Waals surface area contributed by atoms with Gasteiger partial charge < -0.3 is 15.2 Å². The van der Waals surface area contributed by atoms with E-state index in [1.807, 2.05) is 0 Å². The molecule has 0 spiro atoms. The molecule has 1 amide bonds. The molecule has 1 fully saturated rings. The molecule has 108 valence electrons. The molecule has 0 radical (unpaired) electrons. The predicted molar refractivity (Wildman–Crippen MR) is 69.0 cm³/mol. The number of aryl methyl sites for hydroxylation is 1. The van der Waals surface area contributed by atoms with Crippen LogP contribution in [0.15, 0.2) is 18.2 Å². The lowest BCUT2D eigenvalue weighted by Gasteiger charge is -2.33. The number of amides is 1. The molecular formula is C14H16FNO4. The quantitative estimate of drug-likeness (QED) is 0.880. The topological polar surface area (TPSA) is 75.6 Å². The zero-order valence-electron chi connectivity index (χ0n) is 11.1. The van der Waals surface area contributed by atoms with Gasteiger partial charge in [0.2, 0.25) is 0 Å². The van der Waals surface area contributed by atoms with Gasteiger partial charge in [-0.15, -0.1) is 0 Å². The molecule has 1 aromatic rings. The van der Waals surface area contributed by atoms with Gasteiger partial charge in [-0.1, -0.05) is 0 Å². The number of nitrogens with one attached hydrogen (secondary N) is 1.